The Balaban J connectivity index is 0.000000301. The number of hydrogen-bond acceptors (Lipinski definition) is 6. The summed E-state index contributed by atoms with van der Waals surface area (Å²) in [6.07, 6.45) is 2.61. The summed E-state index contributed by atoms with van der Waals surface area (Å²) in [5, 5.41) is 14.2. The van der Waals surface area contributed by atoms with Crippen molar-refractivity contribution in [2.75, 3.05) is 13.2 Å². The number of pyridine rings is 2. The van der Waals surface area contributed by atoms with Crippen LogP contribution in [0.4, 0.5) is 26.3 Å². The van der Waals surface area contributed by atoms with Crippen LogP contribution in [0, 0.1) is 5.92 Å². The molecule has 2 fully saturated rings. The van der Waals surface area contributed by atoms with E-state index in [9.17, 15) is 26.3 Å². The minimum Gasteiger partial charge on any atom is -0.475 e. The van der Waals surface area contributed by atoms with Crippen LogP contribution < -0.4 is 0 Å². The molecule has 2 aromatic rings. The van der Waals surface area contributed by atoms with Crippen molar-refractivity contribution in [1.82, 2.24) is 14.9 Å². The molecule has 38 heavy (non-hydrogen) atoms. The molecule has 8 nitrogen and oxygen atoms in total. The molecule has 1 saturated heterocycles. The Hall–Kier alpha value is -3.26. The Labute approximate surface area is 214 Å². The topological polar surface area (TPSA) is 113 Å². The van der Waals surface area contributed by atoms with Crippen LogP contribution in [0.15, 0.2) is 49.1 Å². The van der Waals surface area contributed by atoms with Crippen molar-refractivity contribution in [3.8, 4) is 0 Å². The van der Waals surface area contributed by atoms with Crippen LogP contribution in [-0.2, 0) is 27.3 Å². The first kappa shape index (κ1) is 31.0. The van der Waals surface area contributed by atoms with Gasteiger partial charge in [-0.1, -0.05) is 6.07 Å². The van der Waals surface area contributed by atoms with Gasteiger partial charge in [-0.05, 0) is 60.9 Å². The number of ether oxygens (including phenoxy) is 1. The summed E-state index contributed by atoms with van der Waals surface area (Å²) in [6, 6.07) is 8.86. The number of hydrogen-bond donors (Lipinski definition) is 2. The maximum Gasteiger partial charge on any atom is 0.490 e. The smallest absolute Gasteiger partial charge is 0.475 e. The van der Waals surface area contributed by atoms with E-state index in [1.807, 2.05) is 30.9 Å². The second-order valence-corrected chi connectivity index (χ2v) is 8.67. The Morgan fingerprint density at radius 3 is 1.95 bits per heavy atom. The number of carbonyl (C=O) groups is 2. The van der Waals surface area contributed by atoms with Crippen molar-refractivity contribution >= 4 is 11.9 Å². The van der Waals surface area contributed by atoms with Crippen molar-refractivity contribution in [2.45, 2.75) is 56.7 Å². The molecular weight excluding hydrogens is 524 g/mol. The van der Waals surface area contributed by atoms with Gasteiger partial charge < -0.3 is 14.9 Å². The molecule has 4 rings (SSSR count). The van der Waals surface area contributed by atoms with E-state index in [4.69, 9.17) is 24.5 Å². The monoisotopic (exact) mass is 551 g/mol. The standard InChI is InChI=1S/C20H25N3O.2C2HF3O2/c1-2-18(13-22-8-1)14-23-11-7-20(24-15-17-3-4-17)19(23)12-16-5-9-21-10-6-16;2*3-2(4,5)1(6)7/h1-2,5-6,8-10,13,17,19-20H,3-4,7,11-12,14-15H2;2*(H,6,7)/t19-,20-;;/m1../s1. The van der Waals surface area contributed by atoms with E-state index >= 15 is 0 Å². The van der Waals surface area contributed by atoms with Crippen LogP contribution in [0.25, 0.3) is 0 Å². The third-order valence-electron chi connectivity index (χ3n) is 5.63. The predicted octanol–water partition coefficient (Wildman–Crippen LogP) is 4.36. The van der Waals surface area contributed by atoms with E-state index in [1.165, 1.54) is 24.0 Å². The van der Waals surface area contributed by atoms with Gasteiger partial charge in [0, 0.05) is 50.5 Å². The predicted molar refractivity (Wildman–Crippen MR) is 121 cm³/mol. The summed E-state index contributed by atoms with van der Waals surface area (Å²) in [5.74, 6) is -4.70. The average molecular weight is 551 g/mol. The molecule has 2 N–H and O–H groups in total. The molecule has 2 atom stereocenters. The number of aromatic nitrogens is 2. The zero-order chi connectivity index (χ0) is 28.3. The van der Waals surface area contributed by atoms with E-state index in [2.05, 4.69) is 33.1 Å². The average Bonchev–Trinajstić information content (AvgIpc) is 3.61. The second-order valence-electron chi connectivity index (χ2n) is 8.67. The first-order chi connectivity index (χ1) is 17.8. The lowest BCUT2D eigenvalue weighted by Gasteiger charge is -2.28. The number of alkyl halides is 6. The van der Waals surface area contributed by atoms with Crippen LogP contribution in [0.3, 0.4) is 0 Å². The summed E-state index contributed by atoms with van der Waals surface area (Å²) in [7, 11) is 0. The fourth-order valence-electron chi connectivity index (χ4n) is 3.57. The fourth-order valence-corrected chi connectivity index (χ4v) is 3.57. The molecule has 0 bridgehead atoms. The maximum absolute atomic E-state index is 10.6. The molecule has 3 heterocycles. The third-order valence-corrected chi connectivity index (χ3v) is 5.63. The van der Waals surface area contributed by atoms with E-state index in [-0.39, 0.29) is 0 Å². The number of likely N-dealkylation sites (tertiary alicyclic amines) is 1. The van der Waals surface area contributed by atoms with Gasteiger partial charge in [0.25, 0.3) is 0 Å². The van der Waals surface area contributed by atoms with Gasteiger partial charge in [0.15, 0.2) is 0 Å². The molecule has 2 aromatic heterocycles. The van der Waals surface area contributed by atoms with E-state index in [0.717, 1.165) is 38.5 Å². The molecular formula is C24H27F6N3O5. The summed E-state index contributed by atoms with van der Waals surface area (Å²) in [5.41, 5.74) is 2.62. The molecule has 0 aromatic carbocycles. The molecule has 14 heteroatoms. The van der Waals surface area contributed by atoms with Gasteiger partial charge in [0.2, 0.25) is 0 Å². The first-order valence-corrected chi connectivity index (χ1v) is 11.5. The molecule has 2 aliphatic rings. The van der Waals surface area contributed by atoms with Crippen LogP contribution in [0.2, 0.25) is 0 Å². The second kappa shape index (κ2) is 14.0. The Bertz CT molecular complexity index is 980. The van der Waals surface area contributed by atoms with E-state index < -0.39 is 24.3 Å². The van der Waals surface area contributed by atoms with Gasteiger partial charge in [-0.2, -0.15) is 26.3 Å². The van der Waals surface area contributed by atoms with Crippen molar-refractivity contribution in [3.63, 3.8) is 0 Å². The number of halogens is 6. The Kier molecular flexibility index (Phi) is 11.4. The van der Waals surface area contributed by atoms with Crippen molar-refractivity contribution < 1.29 is 50.9 Å². The van der Waals surface area contributed by atoms with Crippen LogP contribution >= 0.6 is 0 Å². The largest absolute Gasteiger partial charge is 0.490 e. The van der Waals surface area contributed by atoms with Gasteiger partial charge in [-0.3, -0.25) is 14.9 Å². The molecule has 1 aliphatic heterocycles. The lowest BCUT2D eigenvalue weighted by atomic mass is 10.0. The summed E-state index contributed by atoms with van der Waals surface area (Å²) in [4.78, 5) is 28.8. The van der Waals surface area contributed by atoms with Gasteiger partial charge in [-0.25, -0.2) is 9.59 Å². The molecule has 0 amide bonds. The highest BCUT2D eigenvalue weighted by molar-refractivity contribution is 5.73. The summed E-state index contributed by atoms with van der Waals surface area (Å²) >= 11 is 0. The molecule has 1 saturated carbocycles. The first-order valence-electron chi connectivity index (χ1n) is 11.5. The molecule has 0 radical (unpaired) electrons. The molecule has 1 aliphatic carbocycles. The minimum atomic E-state index is -5.08. The maximum atomic E-state index is 10.6. The Morgan fingerprint density at radius 1 is 0.895 bits per heavy atom. The van der Waals surface area contributed by atoms with Gasteiger partial charge in [0.1, 0.15) is 0 Å². The minimum absolute atomic E-state index is 0.343. The van der Waals surface area contributed by atoms with Crippen molar-refractivity contribution in [1.29, 1.82) is 0 Å². The zero-order valence-electron chi connectivity index (χ0n) is 20.0. The third kappa shape index (κ3) is 11.4. The summed E-state index contributed by atoms with van der Waals surface area (Å²) in [6.45, 7) is 2.99. The molecule has 0 unspecified atom stereocenters. The number of carboxylic acids is 2. The van der Waals surface area contributed by atoms with Crippen molar-refractivity contribution in [2.24, 2.45) is 5.92 Å². The van der Waals surface area contributed by atoms with Crippen LogP contribution in [0.5, 0.6) is 0 Å². The number of nitrogens with zero attached hydrogens (tertiary/aromatic N) is 3. The lowest BCUT2D eigenvalue weighted by molar-refractivity contribution is -0.193. The highest BCUT2D eigenvalue weighted by Crippen LogP contribution is 2.32. The Morgan fingerprint density at radius 2 is 1.47 bits per heavy atom. The number of rotatable bonds is 7. The van der Waals surface area contributed by atoms with E-state index in [0.29, 0.717) is 12.1 Å². The van der Waals surface area contributed by atoms with Crippen LogP contribution in [-0.4, -0.2) is 74.7 Å². The highest BCUT2D eigenvalue weighted by atomic mass is 19.4. The normalized spacial score (nSPS) is 19.5. The van der Waals surface area contributed by atoms with Gasteiger partial charge in [0.05, 0.1) is 6.10 Å². The molecule has 0 spiro atoms. The van der Waals surface area contributed by atoms with E-state index in [1.54, 1.807) is 0 Å². The van der Waals surface area contributed by atoms with Crippen molar-refractivity contribution in [3.05, 3.63) is 60.2 Å². The summed E-state index contributed by atoms with van der Waals surface area (Å²) < 4.78 is 69.8. The quantitative estimate of drug-likeness (QED) is 0.489. The fraction of sp³-hybridized carbons (Fsp3) is 0.500. The number of carboxylic acid groups (broad SMARTS) is 2. The van der Waals surface area contributed by atoms with Crippen LogP contribution in [0.1, 0.15) is 30.4 Å². The van der Waals surface area contributed by atoms with Gasteiger partial charge in [-0.15, -0.1) is 0 Å². The number of aliphatic carboxylic acids is 2. The zero-order valence-corrected chi connectivity index (χ0v) is 20.0. The lowest BCUT2D eigenvalue weighted by Crippen LogP contribution is -2.38. The molecule has 210 valence electrons. The van der Waals surface area contributed by atoms with Gasteiger partial charge >= 0.3 is 24.3 Å². The SMILES string of the molecule is O=C(O)C(F)(F)F.O=C(O)C(F)(F)F.c1cncc(CN2CC[C@@H](OCC3CC3)[C@H]2Cc2ccncc2)c1. The highest BCUT2D eigenvalue weighted by Gasteiger charge is 2.39.